The maximum Gasteiger partial charge on any atom is 0.416 e. The topological polar surface area (TPSA) is 64.3 Å². The van der Waals surface area contributed by atoms with E-state index in [2.05, 4.69) is 5.10 Å². The molecule has 0 radical (unpaired) electrons. The van der Waals surface area contributed by atoms with Gasteiger partial charge in [-0.05, 0) is 61.4 Å². The molecule has 3 aromatic rings. The van der Waals surface area contributed by atoms with Gasteiger partial charge in [-0.1, -0.05) is 6.92 Å². The minimum Gasteiger partial charge on any atom is -0.481 e. The Hall–Kier alpha value is -3.43. The van der Waals surface area contributed by atoms with E-state index in [1.54, 1.807) is 13.0 Å². The third-order valence-corrected chi connectivity index (χ3v) is 4.73. The molecule has 0 bridgehead atoms. The third-order valence-electron chi connectivity index (χ3n) is 4.73. The van der Waals surface area contributed by atoms with Gasteiger partial charge in [0.2, 0.25) is 0 Å². The fraction of sp³-hybridized carbons (Fsp3) is 0.273. The van der Waals surface area contributed by atoms with E-state index in [1.807, 2.05) is 0 Å². The molecule has 5 nitrogen and oxygen atoms in total. The van der Waals surface area contributed by atoms with Gasteiger partial charge < -0.3 is 9.84 Å². The summed E-state index contributed by atoms with van der Waals surface area (Å²) >= 11 is 0. The van der Waals surface area contributed by atoms with Crippen molar-refractivity contribution in [2.45, 2.75) is 33.1 Å². The van der Waals surface area contributed by atoms with Crippen LogP contribution in [0.5, 0.6) is 5.75 Å². The molecular formula is C22H19F5N2O3. The number of hydrogen-bond donors (Lipinski definition) is 1. The van der Waals surface area contributed by atoms with Crippen molar-refractivity contribution >= 4 is 5.97 Å². The number of alkyl halides is 3. The second-order valence-electron chi connectivity index (χ2n) is 7.35. The van der Waals surface area contributed by atoms with Crippen LogP contribution in [0.25, 0.3) is 5.69 Å². The quantitative estimate of drug-likeness (QED) is 0.491. The molecule has 10 heteroatoms. The van der Waals surface area contributed by atoms with Crippen LogP contribution >= 0.6 is 0 Å². The van der Waals surface area contributed by atoms with Gasteiger partial charge >= 0.3 is 12.1 Å². The number of aryl methyl sites for hydroxylation is 1. The third kappa shape index (κ3) is 5.24. The Balaban J connectivity index is 1.80. The van der Waals surface area contributed by atoms with Gasteiger partial charge in [0.05, 0.1) is 28.6 Å². The molecule has 0 amide bonds. The SMILES string of the molecule is Cc1cc(COc2c(F)cc(CC(C)C(=O)O)cc2F)n(-c2ccc(C(F)(F)F)cc2)n1. The zero-order chi connectivity index (χ0) is 23.6. The van der Waals surface area contributed by atoms with Crippen LogP contribution in [0, 0.1) is 24.5 Å². The minimum atomic E-state index is -4.48. The molecule has 1 unspecified atom stereocenters. The average molecular weight is 454 g/mol. The van der Waals surface area contributed by atoms with Crippen LogP contribution in [0.3, 0.4) is 0 Å². The molecule has 0 aliphatic rings. The highest BCUT2D eigenvalue weighted by Gasteiger charge is 2.30. The van der Waals surface area contributed by atoms with E-state index in [4.69, 9.17) is 9.84 Å². The van der Waals surface area contributed by atoms with Gasteiger partial charge in [-0.25, -0.2) is 13.5 Å². The Morgan fingerprint density at radius 1 is 1.12 bits per heavy atom. The number of carboxylic acid groups (broad SMARTS) is 1. The summed E-state index contributed by atoms with van der Waals surface area (Å²) in [6.45, 7) is 2.78. The lowest BCUT2D eigenvalue weighted by molar-refractivity contribution is -0.141. The fourth-order valence-electron chi connectivity index (χ4n) is 3.13. The number of benzene rings is 2. The van der Waals surface area contributed by atoms with E-state index in [0.29, 0.717) is 17.1 Å². The molecule has 2 aromatic carbocycles. The van der Waals surface area contributed by atoms with Crippen molar-refractivity contribution in [1.29, 1.82) is 0 Å². The highest BCUT2D eigenvalue weighted by molar-refractivity contribution is 5.69. The number of carbonyl (C=O) groups is 1. The smallest absolute Gasteiger partial charge is 0.416 e. The first-order valence-corrected chi connectivity index (χ1v) is 9.52. The summed E-state index contributed by atoms with van der Waals surface area (Å²) in [6, 6.07) is 7.89. The lowest BCUT2D eigenvalue weighted by Crippen LogP contribution is -2.13. The second kappa shape index (κ2) is 8.97. The van der Waals surface area contributed by atoms with Crippen LogP contribution in [0.15, 0.2) is 42.5 Å². The normalized spacial score (nSPS) is 12.6. The summed E-state index contributed by atoms with van der Waals surface area (Å²) in [5.41, 5.74) is 0.577. The molecular weight excluding hydrogens is 435 g/mol. The Bertz CT molecular complexity index is 1100. The predicted molar refractivity (Wildman–Crippen MR) is 104 cm³/mol. The van der Waals surface area contributed by atoms with Crippen LogP contribution in [0.4, 0.5) is 22.0 Å². The molecule has 0 aliphatic carbocycles. The number of ether oxygens (including phenoxy) is 1. The molecule has 0 fully saturated rings. The molecule has 0 aliphatic heterocycles. The number of carboxylic acids is 1. The molecule has 1 N–H and O–H groups in total. The summed E-state index contributed by atoms with van der Waals surface area (Å²) < 4.78 is 73.8. The first kappa shape index (κ1) is 23.2. The maximum atomic E-state index is 14.4. The largest absolute Gasteiger partial charge is 0.481 e. The predicted octanol–water partition coefficient (Wildman–Crippen LogP) is 5.32. The zero-order valence-electron chi connectivity index (χ0n) is 17.1. The molecule has 1 atom stereocenters. The van der Waals surface area contributed by atoms with Crippen molar-refractivity contribution in [2.24, 2.45) is 5.92 Å². The highest BCUT2D eigenvalue weighted by Crippen LogP contribution is 2.30. The summed E-state index contributed by atoms with van der Waals surface area (Å²) in [4.78, 5) is 10.9. The van der Waals surface area contributed by atoms with Crippen molar-refractivity contribution in [3.63, 3.8) is 0 Å². The van der Waals surface area contributed by atoms with E-state index in [9.17, 15) is 26.7 Å². The van der Waals surface area contributed by atoms with Gasteiger partial charge in [0, 0.05) is 0 Å². The summed E-state index contributed by atoms with van der Waals surface area (Å²) in [6.07, 6.45) is -4.53. The highest BCUT2D eigenvalue weighted by atomic mass is 19.4. The maximum absolute atomic E-state index is 14.4. The summed E-state index contributed by atoms with van der Waals surface area (Å²) in [5.74, 6) is -4.53. The molecule has 1 heterocycles. The number of nitrogens with zero attached hydrogens (tertiary/aromatic N) is 2. The monoisotopic (exact) mass is 454 g/mol. The van der Waals surface area contributed by atoms with Crippen LogP contribution in [-0.2, 0) is 24.0 Å². The average Bonchev–Trinajstić information content (AvgIpc) is 3.07. The van der Waals surface area contributed by atoms with Gasteiger partial charge in [-0.2, -0.15) is 18.3 Å². The number of aliphatic carboxylic acids is 1. The van der Waals surface area contributed by atoms with Crippen LogP contribution in [-0.4, -0.2) is 20.9 Å². The van der Waals surface area contributed by atoms with Crippen molar-refractivity contribution < 1.29 is 36.6 Å². The van der Waals surface area contributed by atoms with Gasteiger partial charge in [-0.3, -0.25) is 4.79 Å². The van der Waals surface area contributed by atoms with E-state index in [0.717, 1.165) is 24.3 Å². The first-order valence-electron chi connectivity index (χ1n) is 9.52. The summed E-state index contributed by atoms with van der Waals surface area (Å²) in [5, 5.41) is 13.2. The molecule has 1 aromatic heterocycles. The van der Waals surface area contributed by atoms with E-state index in [-0.39, 0.29) is 18.6 Å². The van der Waals surface area contributed by atoms with Crippen molar-refractivity contribution in [3.05, 3.63) is 76.6 Å². The Morgan fingerprint density at radius 2 is 1.72 bits per heavy atom. The molecule has 3 rings (SSSR count). The van der Waals surface area contributed by atoms with Gasteiger partial charge in [0.15, 0.2) is 17.4 Å². The molecule has 0 spiro atoms. The Kier molecular flexibility index (Phi) is 6.52. The lowest BCUT2D eigenvalue weighted by Gasteiger charge is -2.13. The molecule has 0 saturated heterocycles. The van der Waals surface area contributed by atoms with Crippen molar-refractivity contribution in [2.75, 3.05) is 0 Å². The minimum absolute atomic E-state index is 0.0522. The zero-order valence-corrected chi connectivity index (χ0v) is 17.1. The lowest BCUT2D eigenvalue weighted by atomic mass is 10.0. The number of hydrogen-bond acceptors (Lipinski definition) is 3. The molecule has 0 saturated carbocycles. The Labute approximate surface area is 180 Å². The molecule has 170 valence electrons. The van der Waals surface area contributed by atoms with Gasteiger partial charge in [-0.15, -0.1) is 0 Å². The number of rotatable bonds is 7. The van der Waals surface area contributed by atoms with Crippen LogP contribution in [0.1, 0.15) is 29.4 Å². The van der Waals surface area contributed by atoms with E-state index < -0.39 is 41.0 Å². The van der Waals surface area contributed by atoms with Crippen molar-refractivity contribution in [3.8, 4) is 11.4 Å². The summed E-state index contributed by atoms with van der Waals surface area (Å²) in [7, 11) is 0. The van der Waals surface area contributed by atoms with Crippen molar-refractivity contribution in [1.82, 2.24) is 9.78 Å². The number of aromatic nitrogens is 2. The second-order valence-corrected chi connectivity index (χ2v) is 7.35. The standard InChI is InChI=1S/C22H19F5N2O3/c1-12(21(30)31)7-14-9-18(23)20(19(24)10-14)32-11-17-8-13(2)28-29(17)16-5-3-15(4-6-16)22(25,26)27/h3-6,8-10,12H,7,11H2,1-2H3,(H,30,31). The van der Waals surface area contributed by atoms with E-state index in [1.165, 1.54) is 23.7 Å². The first-order chi connectivity index (χ1) is 15.0. The van der Waals surface area contributed by atoms with Crippen LogP contribution in [0.2, 0.25) is 0 Å². The number of halogens is 5. The van der Waals surface area contributed by atoms with Crippen LogP contribution < -0.4 is 4.74 Å². The van der Waals surface area contributed by atoms with Gasteiger partial charge in [0.25, 0.3) is 0 Å². The van der Waals surface area contributed by atoms with Gasteiger partial charge in [0.1, 0.15) is 6.61 Å². The van der Waals surface area contributed by atoms with E-state index >= 15 is 0 Å². The Morgan fingerprint density at radius 3 is 2.25 bits per heavy atom. The fourth-order valence-corrected chi connectivity index (χ4v) is 3.13. The molecule has 32 heavy (non-hydrogen) atoms.